The van der Waals surface area contributed by atoms with E-state index in [1.54, 1.807) is 0 Å². The number of allylic oxidation sites excluding steroid dienone is 16. The number of likely N-dealkylation sites (N-methyl/N-ethyl adjacent to an activating group) is 1. The van der Waals surface area contributed by atoms with E-state index >= 15 is 0 Å². The van der Waals surface area contributed by atoms with Gasteiger partial charge in [0, 0.05) is 19.3 Å². The van der Waals surface area contributed by atoms with Crippen molar-refractivity contribution in [3.05, 3.63) is 97.2 Å². The molecule has 0 fully saturated rings. The van der Waals surface area contributed by atoms with Gasteiger partial charge in [-0.15, -0.1) is 0 Å². The summed E-state index contributed by atoms with van der Waals surface area (Å²) in [6, 6.07) is -0.634. The minimum absolute atomic E-state index is 0.0227. The molecule has 0 radical (unpaired) electrons. The van der Waals surface area contributed by atoms with Gasteiger partial charge >= 0.3 is 17.9 Å². The highest BCUT2D eigenvalue weighted by Crippen LogP contribution is 2.11. The molecule has 0 heterocycles. The second kappa shape index (κ2) is 37.2. The van der Waals surface area contributed by atoms with E-state index in [0.29, 0.717) is 19.3 Å². The van der Waals surface area contributed by atoms with Gasteiger partial charge in [-0.2, -0.15) is 0 Å². The highest BCUT2D eigenvalue weighted by molar-refractivity contribution is 5.72. The smallest absolute Gasteiger partial charge is 0.362 e. The lowest BCUT2D eigenvalue weighted by Gasteiger charge is -2.31. The molecule has 0 bridgehead atoms. The molecular weight excluding hydrogens is 691 g/mol. The Morgan fingerprint density at radius 2 is 1.09 bits per heavy atom. The topological polar surface area (TPSA) is 99.1 Å². The fourth-order valence-electron chi connectivity index (χ4n) is 5.25. The molecule has 0 aromatic carbocycles. The molecule has 55 heavy (non-hydrogen) atoms. The van der Waals surface area contributed by atoms with E-state index in [4.69, 9.17) is 14.2 Å². The van der Waals surface area contributed by atoms with E-state index in [9.17, 15) is 19.5 Å². The van der Waals surface area contributed by atoms with Gasteiger partial charge in [0.25, 0.3) is 0 Å². The number of unbranched alkanes of at least 4 members (excludes halogenated alkanes) is 6. The lowest BCUT2D eigenvalue weighted by Crippen LogP contribution is -2.50. The van der Waals surface area contributed by atoms with Crippen molar-refractivity contribution in [3.8, 4) is 0 Å². The van der Waals surface area contributed by atoms with Gasteiger partial charge in [0.2, 0.25) is 0 Å². The lowest BCUT2D eigenvalue weighted by molar-refractivity contribution is -0.887. The summed E-state index contributed by atoms with van der Waals surface area (Å²) >= 11 is 0. The number of hydrogen-bond donors (Lipinski definition) is 1. The van der Waals surface area contributed by atoms with Crippen LogP contribution in [0, 0.1) is 0 Å². The number of carbonyl (C=O) groups is 3. The van der Waals surface area contributed by atoms with E-state index in [1.165, 1.54) is 12.8 Å². The van der Waals surface area contributed by atoms with Gasteiger partial charge in [0.15, 0.2) is 12.1 Å². The van der Waals surface area contributed by atoms with E-state index in [0.717, 1.165) is 77.0 Å². The van der Waals surface area contributed by atoms with Crippen LogP contribution >= 0.6 is 0 Å². The van der Waals surface area contributed by atoms with Gasteiger partial charge in [-0.1, -0.05) is 130 Å². The van der Waals surface area contributed by atoms with Crippen LogP contribution in [0.4, 0.5) is 0 Å². The van der Waals surface area contributed by atoms with Gasteiger partial charge in [-0.05, 0) is 77.0 Å². The monoisotopic (exact) mass is 767 g/mol. The fourth-order valence-corrected chi connectivity index (χ4v) is 5.25. The summed E-state index contributed by atoms with van der Waals surface area (Å²) in [6.45, 7) is 4.44. The van der Waals surface area contributed by atoms with Crippen LogP contribution < -0.4 is 0 Å². The van der Waals surface area contributed by atoms with E-state index in [-0.39, 0.29) is 42.7 Å². The first-order chi connectivity index (χ1) is 26.6. The normalized spacial score (nSPS) is 14.0. The molecule has 8 heteroatoms. The Morgan fingerprint density at radius 3 is 1.62 bits per heavy atom. The molecule has 0 spiro atoms. The zero-order valence-electron chi connectivity index (χ0n) is 35.1. The number of esters is 2. The molecule has 0 amide bonds. The molecule has 310 valence electrons. The second-order valence-corrected chi connectivity index (χ2v) is 14.5. The van der Waals surface area contributed by atoms with E-state index < -0.39 is 18.1 Å². The quantitative estimate of drug-likeness (QED) is 0.0225. The number of carbonyl (C=O) groups excluding carboxylic acids is 2. The Balaban J connectivity index is 4.53. The van der Waals surface area contributed by atoms with Gasteiger partial charge in [-0.25, -0.2) is 4.79 Å². The van der Waals surface area contributed by atoms with Crippen molar-refractivity contribution in [2.75, 3.05) is 41.0 Å². The molecule has 0 aromatic rings. The third-order valence-corrected chi connectivity index (χ3v) is 8.50. The van der Waals surface area contributed by atoms with Crippen molar-refractivity contribution in [2.24, 2.45) is 0 Å². The molecule has 0 aliphatic heterocycles. The van der Waals surface area contributed by atoms with Crippen LogP contribution in [-0.4, -0.2) is 80.6 Å². The van der Waals surface area contributed by atoms with E-state index in [2.05, 4.69) is 111 Å². The Morgan fingerprint density at radius 1 is 0.582 bits per heavy atom. The predicted molar refractivity (Wildman–Crippen MR) is 229 cm³/mol. The maximum absolute atomic E-state index is 12.7. The Kier molecular flexibility index (Phi) is 34.7. The Hall–Kier alpha value is -3.75. The molecule has 2 unspecified atom stereocenters. The van der Waals surface area contributed by atoms with Crippen LogP contribution in [0.15, 0.2) is 97.2 Å². The first-order valence-electron chi connectivity index (χ1n) is 20.8. The average molecular weight is 767 g/mol. The Labute approximate surface area is 335 Å². The summed E-state index contributed by atoms with van der Waals surface area (Å²) in [6.07, 6.45) is 48.9. The summed E-state index contributed by atoms with van der Waals surface area (Å²) in [5.74, 6) is -1.60. The molecule has 0 saturated heterocycles. The van der Waals surface area contributed by atoms with Crippen LogP contribution in [0.25, 0.3) is 0 Å². The number of quaternary nitrogens is 1. The first-order valence-corrected chi connectivity index (χ1v) is 20.8. The molecule has 0 aromatic heterocycles. The predicted octanol–water partition coefficient (Wildman–Crippen LogP) is 11.1. The summed E-state index contributed by atoms with van der Waals surface area (Å²) in [5.41, 5.74) is 0. The van der Waals surface area contributed by atoms with Crippen molar-refractivity contribution in [1.29, 1.82) is 0 Å². The first kappa shape index (κ1) is 51.2. The number of nitrogens with zero attached hydrogens (tertiary/aromatic N) is 1. The minimum atomic E-state index is -0.893. The van der Waals surface area contributed by atoms with Gasteiger partial charge in [-0.3, -0.25) is 9.59 Å². The maximum atomic E-state index is 12.7. The number of rotatable bonds is 35. The van der Waals surface area contributed by atoms with Crippen molar-refractivity contribution in [1.82, 2.24) is 0 Å². The summed E-state index contributed by atoms with van der Waals surface area (Å²) in [5, 5.41) is 9.60. The third-order valence-electron chi connectivity index (χ3n) is 8.50. The van der Waals surface area contributed by atoms with Gasteiger partial charge < -0.3 is 23.8 Å². The summed E-state index contributed by atoms with van der Waals surface area (Å²) < 4.78 is 17.1. The van der Waals surface area contributed by atoms with Crippen molar-refractivity contribution in [3.63, 3.8) is 0 Å². The molecule has 0 rings (SSSR count). The van der Waals surface area contributed by atoms with Crippen LogP contribution in [0.2, 0.25) is 0 Å². The summed E-state index contributed by atoms with van der Waals surface area (Å²) in [7, 11) is 5.48. The Bertz CT molecular complexity index is 1220. The number of carboxylic acid groups (broad SMARTS) is 1. The average Bonchev–Trinajstić information content (AvgIpc) is 3.14. The highest BCUT2D eigenvalue weighted by atomic mass is 16.6. The SMILES string of the molecule is CC/C=C/C/C=C/C/C=C/C/C=C/C/C=C/C/C=C/CCCC(=O)OC(COCCC(C(=O)O)[N+](C)(C)C)COC(=O)CCCCC/C=C/C=C/CCCC. The minimum Gasteiger partial charge on any atom is -0.477 e. The van der Waals surface area contributed by atoms with Crippen LogP contribution in [-0.2, 0) is 28.6 Å². The van der Waals surface area contributed by atoms with Crippen LogP contribution in [0.1, 0.15) is 129 Å². The number of aliphatic carboxylic acids is 1. The summed E-state index contributed by atoms with van der Waals surface area (Å²) in [4.78, 5) is 36.8. The molecule has 1 N–H and O–H groups in total. The maximum Gasteiger partial charge on any atom is 0.362 e. The van der Waals surface area contributed by atoms with Crippen LogP contribution in [0.5, 0.6) is 0 Å². The number of carboxylic acids is 1. The molecular formula is C47H76NO7+. The lowest BCUT2D eigenvalue weighted by atomic mass is 10.1. The van der Waals surface area contributed by atoms with Crippen LogP contribution in [0.3, 0.4) is 0 Å². The van der Waals surface area contributed by atoms with Crippen molar-refractivity contribution >= 4 is 17.9 Å². The third kappa shape index (κ3) is 35.7. The van der Waals surface area contributed by atoms with Gasteiger partial charge in [0.05, 0.1) is 34.4 Å². The highest BCUT2D eigenvalue weighted by Gasteiger charge is 2.31. The molecule has 2 atom stereocenters. The second-order valence-electron chi connectivity index (χ2n) is 14.5. The van der Waals surface area contributed by atoms with Crippen molar-refractivity contribution < 1.29 is 38.2 Å². The van der Waals surface area contributed by atoms with E-state index in [1.807, 2.05) is 21.1 Å². The molecule has 0 aliphatic rings. The fraction of sp³-hybridized carbons (Fsp3) is 0.596. The van der Waals surface area contributed by atoms with Gasteiger partial charge in [0.1, 0.15) is 6.61 Å². The zero-order valence-corrected chi connectivity index (χ0v) is 35.1. The number of hydrogen-bond acceptors (Lipinski definition) is 6. The zero-order chi connectivity index (χ0) is 40.7. The molecule has 8 nitrogen and oxygen atoms in total. The van der Waals surface area contributed by atoms with Crippen molar-refractivity contribution in [2.45, 2.75) is 142 Å². The molecule has 0 aliphatic carbocycles. The standard InChI is InChI=1S/C47H75NO7/c1-6-8-10-12-14-16-18-19-20-21-22-23-24-25-26-28-30-32-34-36-38-46(50)55-43(41-53-40-39-44(47(51)52)48(3,4)5)42-54-45(49)37-35-33-31-29-27-17-15-13-11-9-7-2/h8,10,13-17,19-20,22-23,25-27,30,32,43-44H,6-7,9,11-12,18,21,24,28-29,31,33-42H2,1-5H3/p+1/b10-8+,15-13+,16-14+,20-19+,23-22+,26-25+,27-17+,32-30+. The number of ether oxygens (including phenoxy) is 3. The molecule has 0 saturated carbocycles. The largest absolute Gasteiger partial charge is 0.477 e.